The number of fused-ring (bicyclic) bond motifs is 6. The van der Waals surface area contributed by atoms with E-state index in [0.29, 0.717) is 36.7 Å². The Morgan fingerprint density at radius 1 is 0.459 bits per heavy atom. The number of aromatic nitrogens is 12. The Balaban J connectivity index is 0.000000215. The number of halogens is 1. The second-order valence-corrected chi connectivity index (χ2v) is 50.4. The van der Waals surface area contributed by atoms with Crippen molar-refractivity contribution in [3.63, 3.8) is 0 Å². The van der Waals surface area contributed by atoms with E-state index >= 15 is 0 Å². The number of nitrogens with zero attached hydrogens (tertiary/aromatic N) is 22. The smallest absolute Gasteiger partial charge is 0.438 e. The van der Waals surface area contributed by atoms with E-state index in [0.717, 1.165) is 57.0 Å². The Hall–Kier alpha value is -9.27. The van der Waals surface area contributed by atoms with E-state index in [1.165, 1.54) is 80.2 Å². The maximum atomic E-state index is 13.3. The highest BCUT2D eigenvalue weighted by Gasteiger charge is 2.68. The van der Waals surface area contributed by atoms with Crippen LogP contribution < -0.4 is 25.2 Å². The summed E-state index contributed by atoms with van der Waals surface area (Å²) in [4.78, 5) is 153. The lowest BCUT2D eigenvalue weighted by Gasteiger charge is -2.53. The van der Waals surface area contributed by atoms with Crippen LogP contribution in [0.3, 0.4) is 0 Å². The first kappa shape index (κ1) is 107. The minimum absolute atomic E-state index is 0. The molecule has 0 bridgehead atoms. The SMILES string of the molecule is CN(C)C(=O)Cl.CN(C)C(=O)O[C@@H]1[C@@H](O)[C@@H](CO)O[C@H]1n1c(=O)sc2cnc(N)nc21.CN(C)C=Nc1ncc2sc(=O)n([C@@H]3O[C@@H]4CO[Si](C(C)(C)C)(C(C)(C)C)O[C@@H]4[C@H]3O)c2n1.CN(C)C=Nc1ncc2sc(=O)n([C@@H]3O[C@@H]4CO[Si](C(C)(C)C)(C(C)(C)C)O[C@@H]4[C@H]3OC(=O)N(C)C)c2n1.CN(C)C=Nc1ncc2sc(=O)n([C@@H]3O[C@H](CO)[C@H](O)[C@H]3OC(=O)N(C)C)c2n1.CO.[H+]. The molecule has 4 amide bonds. The average molecular weight is 2000 g/mol. The highest BCUT2D eigenvalue weighted by molar-refractivity contribution is 7.17. The number of nitrogen functional groups attached to an aromatic ring is 1. The van der Waals surface area contributed by atoms with Crippen LogP contribution in [0.15, 0.2) is 58.9 Å². The molecule has 0 radical (unpaired) electrons. The van der Waals surface area contributed by atoms with Gasteiger partial charge in [0.1, 0.15) is 54.9 Å². The third kappa shape index (κ3) is 23.5. The van der Waals surface area contributed by atoms with Gasteiger partial charge in [0.2, 0.25) is 5.95 Å². The lowest BCUT2D eigenvalue weighted by atomic mass is 10.1. The number of aliphatic hydroxyl groups excluding tert-OH is 6. The molecule has 14 rings (SSSR count). The predicted molar refractivity (Wildman–Crippen MR) is 503 cm³/mol. The van der Waals surface area contributed by atoms with E-state index in [1.54, 1.807) is 82.1 Å². The van der Waals surface area contributed by atoms with Crippen molar-refractivity contribution in [2.24, 2.45) is 15.0 Å². The molecule has 0 spiro atoms. The summed E-state index contributed by atoms with van der Waals surface area (Å²) in [6.07, 6.45) is -6.92. The van der Waals surface area contributed by atoms with Crippen LogP contribution in [0.1, 0.15) is 109 Å². The van der Waals surface area contributed by atoms with Crippen LogP contribution in [-0.2, 0) is 50.9 Å². The summed E-state index contributed by atoms with van der Waals surface area (Å²) in [5.41, 5.74) is 6.74. The Labute approximate surface area is 789 Å². The van der Waals surface area contributed by atoms with E-state index in [1.807, 2.05) is 28.2 Å². The van der Waals surface area contributed by atoms with Gasteiger partial charge in [-0.1, -0.05) is 128 Å². The number of amides is 4. The molecule has 0 saturated carbocycles. The minimum Gasteiger partial charge on any atom is -0.438 e. The number of ether oxygens (including phenoxy) is 7. The van der Waals surface area contributed by atoms with Crippen LogP contribution in [-0.4, -0.2) is 388 Å². The Morgan fingerprint density at radius 2 is 0.737 bits per heavy atom. The summed E-state index contributed by atoms with van der Waals surface area (Å²) in [5.74, 6) is 0.496. The second-order valence-electron chi connectivity index (χ2n) is 36.6. The van der Waals surface area contributed by atoms with E-state index < -0.39 is 162 Å². The summed E-state index contributed by atoms with van der Waals surface area (Å²) < 4.78 is 74.2. The van der Waals surface area contributed by atoms with E-state index in [9.17, 15) is 63.9 Å². The third-order valence-corrected chi connectivity index (χ3v) is 34.9. The highest BCUT2D eigenvalue weighted by atomic mass is 35.5. The summed E-state index contributed by atoms with van der Waals surface area (Å²) in [5, 5.41) is 56.5. The van der Waals surface area contributed by atoms with Crippen molar-refractivity contribution in [2.45, 2.75) is 201 Å². The van der Waals surface area contributed by atoms with Crippen LogP contribution >= 0.6 is 56.9 Å². The van der Waals surface area contributed by atoms with Gasteiger partial charge in [-0.25, -0.2) is 49.3 Å². The fourth-order valence-corrected chi connectivity index (χ4v) is 28.4. The Bertz CT molecular complexity index is 5720. The predicted octanol–water partition coefficient (Wildman–Crippen LogP) is 5.06. The number of hydrogen-bond donors (Lipinski definition) is 7. The lowest BCUT2D eigenvalue weighted by molar-refractivity contribution is -0.0798. The molecule has 6 aliphatic rings. The summed E-state index contributed by atoms with van der Waals surface area (Å²) in [6.45, 7) is 24.9. The van der Waals surface area contributed by atoms with Gasteiger partial charge in [0.05, 0.1) is 89.0 Å². The van der Waals surface area contributed by atoms with Crippen molar-refractivity contribution in [3.8, 4) is 0 Å². The minimum atomic E-state index is -2.92. The lowest BCUT2D eigenvalue weighted by Crippen LogP contribution is -2.65. The average Bonchev–Trinajstić information content (AvgIpc) is 1.40. The number of aliphatic hydroxyl groups is 6. The molecule has 0 unspecified atom stereocenters. The quantitative estimate of drug-likeness (QED) is 0.0176. The van der Waals surface area contributed by atoms with E-state index in [-0.39, 0.29) is 73.0 Å². The van der Waals surface area contributed by atoms with Crippen molar-refractivity contribution < 1.29 is 102 Å². The van der Waals surface area contributed by atoms with Gasteiger partial charge in [-0.15, -0.1) is 0 Å². The first-order chi connectivity index (χ1) is 62.0. The molecule has 8 N–H and O–H groups in total. The van der Waals surface area contributed by atoms with Crippen LogP contribution in [0.25, 0.3) is 41.4 Å². The summed E-state index contributed by atoms with van der Waals surface area (Å²) >= 11 is 8.65. The van der Waals surface area contributed by atoms with Crippen molar-refractivity contribution in [1.82, 2.24) is 92.4 Å². The van der Waals surface area contributed by atoms with Gasteiger partial charge in [-0.2, -0.15) is 19.9 Å². The second kappa shape index (κ2) is 43.4. The molecule has 0 aromatic carbocycles. The van der Waals surface area contributed by atoms with E-state index in [2.05, 4.69) is 138 Å². The number of carbonyl (C=O) groups is 4. The Morgan fingerprint density at radius 3 is 1.04 bits per heavy atom. The number of nitrogens with two attached hydrogens (primary N) is 1. The number of rotatable bonds is 15. The monoisotopic (exact) mass is 2000 g/mol. The molecule has 8 aromatic rings. The van der Waals surface area contributed by atoms with Gasteiger partial charge in [-0.3, -0.25) is 42.2 Å². The number of anilines is 1. The van der Waals surface area contributed by atoms with Crippen LogP contribution in [0.5, 0.6) is 0 Å². The molecule has 8 aromatic heterocycles. The standard InChI is InChI=1S/C24H38N6O6SSi.C21H33N5O5SSi.C16H22N6O6S.C13H17N5O6S.C3H6ClNO.CH4O/c1-23(2,3)38(24(4,5)6)33-12-14-16(36-38)17(35-21(31)29(9)10)19(34-14)30-18-15(37-22(30)32)11-25-20(27-18)26-13-28(7)8;1-20(2,3)33(21(4,5)6)29-10-12-15(31-33)14(27)17(30-12)26-16-13(32-19(26)28)9-22-18(24-16)23-11-25(7)8;1-20(2)7-18-14-17-5-9-12(19-14)22(16(26)29-9)13-11(28-15(25)21(3)4)10(24)8(6-23)27-13;1-17(2)12(21)24-8-7(20)5(4-19)23-10(8)18-9-6(25-13(18)22)3-15-11(14)16-9;1-5(2)3(4)6;1-2/h11,13-14,16-17,19H,12H2,1-10H3;9,11-12,14-15,17,27H,10H2,1-8H3;5,7-8,10-11,13,23-24H,6H2,1-4H3;3,5,7-8,10,19-20H,4H2,1-2H3,(H2,14,15,16);1-2H3;2H,1H3/p+1/t14-,16+,17-,19-;12-,14-,15+,17-;8-,10+,11-,13-;5-,7+,8-,10-;;/m1111../s1. The largest absolute Gasteiger partial charge is 1.00 e. The van der Waals surface area contributed by atoms with Gasteiger partial charge in [0.25, 0.3) is 17.8 Å². The molecule has 6 fully saturated rings. The van der Waals surface area contributed by atoms with E-state index in [4.69, 9.17) is 73.3 Å². The highest BCUT2D eigenvalue weighted by Crippen LogP contribution is 2.58. The first-order valence-corrected chi connectivity index (χ1v) is 48.6. The fraction of sp³-hybridized carbons (Fsp3) is 0.654. The molecule has 55 heteroatoms. The molecule has 6 aliphatic heterocycles. The van der Waals surface area contributed by atoms with Gasteiger partial charge in [0, 0.05) is 126 Å². The summed E-state index contributed by atoms with van der Waals surface area (Å²) in [7, 11) is 18.5. The molecule has 48 nitrogen and oxygen atoms in total. The van der Waals surface area contributed by atoms with Crippen LogP contribution in [0, 0.1) is 0 Å². The van der Waals surface area contributed by atoms with Crippen molar-refractivity contribution in [1.29, 1.82) is 0 Å². The first-order valence-electron chi connectivity index (χ1n) is 41.4. The van der Waals surface area contributed by atoms with Crippen LogP contribution in [0.4, 0.5) is 43.0 Å². The molecule has 6 saturated heterocycles. The summed E-state index contributed by atoms with van der Waals surface area (Å²) in [6, 6.07) is 0. The molecule has 736 valence electrons. The van der Waals surface area contributed by atoms with Crippen molar-refractivity contribution >= 4 is 182 Å². The maximum Gasteiger partial charge on any atom is 1.00 e. The zero-order chi connectivity index (χ0) is 99.3. The molecule has 14 heterocycles. The number of hydrogen-bond acceptors (Lipinski definition) is 41. The number of carbonyl (C=O) groups excluding carboxylic acids is 4. The maximum absolute atomic E-state index is 13.3. The van der Waals surface area contributed by atoms with Crippen LogP contribution in [0.2, 0.25) is 20.2 Å². The normalized spacial score (nSPS) is 24.8. The van der Waals surface area contributed by atoms with Crippen molar-refractivity contribution in [3.05, 3.63) is 63.5 Å². The molecule has 133 heavy (non-hydrogen) atoms. The fourth-order valence-electron chi connectivity index (χ4n) is 15.2. The van der Waals surface area contributed by atoms with Crippen molar-refractivity contribution in [2.75, 3.05) is 138 Å². The van der Waals surface area contributed by atoms with Gasteiger partial charge in [-0.05, 0) is 11.6 Å². The zero-order valence-electron chi connectivity index (χ0n) is 80.0. The number of thiazole rings is 4. The molecule has 16 atom stereocenters. The zero-order valence-corrected chi connectivity index (χ0v) is 85.0. The molecular weight excluding hydrogens is 1880 g/mol. The Kier molecular flexibility index (Phi) is 35.0. The van der Waals surface area contributed by atoms with Gasteiger partial charge < -0.3 is 122 Å². The van der Waals surface area contributed by atoms with Gasteiger partial charge >= 0.3 is 61.7 Å². The topological polar surface area (TPSA) is 568 Å². The molecular formula is C78H121ClN23O25S4Si2+. The van der Waals surface area contributed by atoms with Gasteiger partial charge in [0.15, 0.2) is 65.8 Å². The molecule has 0 aliphatic carbocycles. The third-order valence-electron chi connectivity index (χ3n) is 20.8. The number of aliphatic imine (C=N–C) groups is 3.